The highest BCUT2D eigenvalue weighted by molar-refractivity contribution is 7.90. The number of rotatable bonds is 7. The van der Waals surface area contributed by atoms with Gasteiger partial charge in [-0.15, -0.1) is 11.3 Å². The van der Waals surface area contributed by atoms with Crippen molar-refractivity contribution in [3.05, 3.63) is 75.2 Å². The summed E-state index contributed by atoms with van der Waals surface area (Å²) >= 11 is 7.23. The topological polar surface area (TPSA) is 85.4 Å². The number of carbonyl (C=O) groups excluding carboxylic acids is 1. The van der Waals surface area contributed by atoms with E-state index in [2.05, 4.69) is 10.3 Å². The summed E-state index contributed by atoms with van der Waals surface area (Å²) in [7, 11) is -3.46. The van der Waals surface area contributed by atoms with E-state index in [1.165, 1.54) is 11.3 Å². The van der Waals surface area contributed by atoms with Gasteiger partial charge in [-0.05, 0) is 54.3 Å². The van der Waals surface area contributed by atoms with Crippen LogP contribution in [0.3, 0.4) is 0 Å². The maximum absolute atomic E-state index is 12.7. The highest BCUT2D eigenvalue weighted by Gasteiger charge is 2.26. The van der Waals surface area contributed by atoms with Crippen LogP contribution in [0, 0.1) is 0 Å². The lowest BCUT2D eigenvalue weighted by Crippen LogP contribution is -2.38. The highest BCUT2D eigenvalue weighted by atomic mass is 35.5. The number of ether oxygens (including phenoxy) is 1. The van der Waals surface area contributed by atoms with Gasteiger partial charge in [-0.25, -0.2) is 13.4 Å². The van der Waals surface area contributed by atoms with E-state index < -0.39 is 9.84 Å². The maximum atomic E-state index is 12.7. The molecular weight excluding hydrogens is 444 g/mol. The van der Waals surface area contributed by atoms with Gasteiger partial charge in [0.2, 0.25) is 0 Å². The second kappa shape index (κ2) is 8.75. The third kappa shape index (κ3) is 5.00. The maximum Gasteiger partial charge on any atom is 0.258 e. The summed E-state index contributed by atoms with van der Waals surface area (Å²) in [6.45, 7) is -0.110. The van der Waals surface area contributed by atoms with E-state index in [0.29, 0.717) is 28.6 Å². The fourth-order valence-corrected chi connectivity index (χ4v) is 5.92. The molecule has 0 saturated heterocycles. The number of nitrogens with zero attached hydrogens (tertiary/aromatic N) is 1. The number of hydrogen-bond donors (Lipinski definition) is 1. The zero-order chi connectivity index (χ0) is 21.1. The standard InChI is InChI=1S/C21H19ClN2O4S2/c22-16-2-1-3-18(11-16)28-12-20(25)24-17-8-14-4-5-19(10-15(14)9-17)30(26,27)13-21-23-6-7-29-21/h1-7,10-11,17H,8-9,12-13H2,(H,24,25). The molecule has 30 heavy (non-hydrogen) atoms. The van der Waals surface area contributed by atoms with Crippen LogP contribution in [0.1, 0.15) is 16.1 Å². The Labute approximate surface area is 183 Å². The third-order valence-corrected chi connectivity index (χ3v) is 7.62. The van der Waals surface area contributed by atoms with Crippen molar-refractivity contribution in [3.8, 4) is 5.75 Å². The molecule has 1 aliphatic rings. The van der Waals surface area contributed by atoms with Crippen molar-refractivity contribution in [1.82, 2.24) is 10.3 Å². The molecule has 1 atom stereocenters. The molecule has 1 heterocycles. The van der Waals surface area contributed by atoms with E-state index in [1.54, 1.807) is 48.0 Å². The van der Waals surface area contributed by atoms with Crippen molar-refractivity contribution >= 4 is 38.7 Å². The lowest BCUT2D eigenvalue weighted by molar-refractivity contribution is -0.123. The molecule has 0 spiro atoms. The van der Waals surface area contributed by atoms with Crippen molar-refractivity contribution in [2.75, 3.05) is 6.61 Å². The predicted octanol–water partition coefficient (Wildman–Crippen LogP) is 3.43. The normalized spacial score (nSPS) is 15.6. The van der Waals surface area contributed by atoms with Crippen LogP contribution in [-0.4, -0.2) is 32.0 Å². The molecule has 0 saturated carbocycles. The van der Waals surface area contributed by atoms with Gasteiger partial charge in [0.05, 0.1) is 4.90 Å². The van der Waals surface area contributed by atoms with Crippen molar-refractivity contribution in [2.24, 2.45) is 0 Å². The van der Waals surface area contributed by atoms with E-state index in [9.17, 15) is 13.2 Å². The quantitative estimate of drug-likeness (QED) is 0.581. The van der Waals surface area contributed by atoms with Crippen LogP contribution >= 0.6 is 22.9 Å². The van der Waals surface area contributed by atoms with Crippen LogP contribution in [0.4, 0.5) is 0 Å². The first-order valence-corrected chi connectivity index (χ1v) is 12.2. The van der Waals surface area contributed by atoms with Crippen LogP contribution in [0.2, 0.25) is 5.02 Å². The molecule has 3 aromatic rings. The van der Waals surface area contributed by atoms with Gasteiger partial charge in [0.25, 0.3) is 5.91 Å². The summed E-state index contributed by atoms with van der Waals surface area (Å²) in [4.78, 5) is 16.6. The lowest BCUT2D eigenvalue weighted by atomic mass is 10.1. The number of amides is 1. The number of benzene rings is 2. The van der Waals surface area contributed by atoms with E-state index >= 15 is 0 Å². The summed E-state index contributed by atoms with van der Waals surface area (Å²) in [5.41, 5.74) is 1.99. The molecule has 156 valence electrons. The molecule has 1 aromatic heterocycles. The van der Waals surface area contributed by atoms with Gasteiger partial charge in [-0.3, -0.25) is 4.79 Å². The number of fused-ring (bicyclic) bond motifs is 1. The average molecular weight is 463 g/mol. The SMILES string of the molecule is O=C(COc1cccc(Cl)c1)NC1Cc2ccc(S(=O)(=O)Cc3nccs3)cc2C1. The zero-order valence-corrected chi connectivity index (χ0v) is 18.3. The molecule has 1 aliphatic carbocycles. The minimum absolute atomic E-state index is 0.0904. The Morgan fingerprint density at radius 3 is 2.80 bits per heavy atom. The van der Waals surface area contributed by atoms with Crippen LogP contribution < -0.4 is 10.1 Å². The molecule has 1 amide bonds. The average Bonchev–Trinajstić information content (AvgIpc) is 3.34. The van der Waals surface area contributed by atoms with E-state index in [1.807, 2.05) is 6.07 Å². The fraction of sp³-hybridized carbons (Fsp3) is 0.238. The van der Waals surface area contributed by atoms with E-state index in [4.69, 9.17) is 16.3 Å². The number of hydrogen-bond acceptors (Lipinski definition) is 6. The summed E-state index contributed by atoms with van der Waals surface area (Å²) in [6.07, 6.45) is 2.84. The zero-order valence-electron chi connectivity index (χ0n) is 15.9. The van der Waals surface area contributed by atoms with Crippen LogP contribution in [-0.2, 0) is 33.2 Å². The Bertz CT molecular complexity index is 1160. The summed E-state index contributed by atoms with van der Waals surface area (Å²) in [5, 5.41) is 5.82. The Morgan fingerprint density at radius 2 is 2.03 bits per heavy atom. The largest absolute Gasteiger partial charge is 0.484 e. The van der Waals surface area contributed by atoms with Crippen molar-refractivity contribution < 1.29 is 17.9 Å². The molecule has 9 heteroatoms. The minimum atomic E-state index is -3.46. The van der Waals surface area contributed by atoms with Crippen LogP contribution in [0.5, 0.6) is 5.75 Å². The van der Waals surface area contributed by atoms with E-state index in [-0.39, 0.29) is 29.2 Å². The molecule has 0 aliphatic heterocycles. The van der Waals surface area contributed by atoms with Gasteiger partial charge >= 0.3 is 0 Å². The van der Waals surface area contributed by atoms with Gasteiger partial charge in [0.1, 0.15) is 16.5 Å². The van der Waals surface area contributed by atoms with Gasteiger partial charge in [-0.1, -0.05) is 23.7 Å². The van der Waals surface area contributed by atoms with Crippen LogP contribution in [0.15, 0.2) is 58.9 Å². The Morgan fingerprint density at radius 1 is 1.20 bits per heavy atom. The third-order valence-electron chi connectivity index (χ3n) is 4.80. The molecule has 1 unspecified atom stereocenters. The summed E-state index contributed by atoms with van der Waals surface area (Å²) in [6, 6.07) is 12.0. The molecule has 0 bridgehead atoms. The molecule has 2 aromatic carbocycles. The van der Waals surface area contributed by atoms with Crippen molar-refractivity contribution in [3.63, 3.8) is 0 Å². The molecule has 6 nitrogen and oxygen atoms in total. The molecule has 4 rings (SSSR count). The number of halogens is 1. The molecule has 0 fully saturated rings. The van der Waals surface area contributed by atoms with Crippen molar-refractivity contribution in [2.45, 2.75) is 29.5 Å². The fourth-order valence-electron chi connectivity index (χ4n) is 3.44. The van der Waals surface area contributed by atoms with Gasteiger partial charge < -0.3 is 10.1 Å². The first kappa shape index (κ1) is 20.8. The number of sulfone groups is 1. The lowest BCUT2D eigenvalue weighted by Gasteiger charge is -2.12. The number of carbonyl (C=O) groups is 1. The first-order valence-electron chi connectivity index (χ1n) is 9.30. The smallest absolute Gasteiger partial charge is 0.258 e. The predicted molar refractivity (Wildman–Crippen MR) is 116 cm³/mol. The Kier molecular flexibility index (Phi) is 6.08. The van der Waals surface area contributed by atoms with Gasteiger partial charge in [0.15, 0.2) is 16.4 Å². The monoisotopic (exact) mass is 462 g/mol. The molecule has 0 radical (unpaired) electrons. The Balaban J connectivity index is 1.35. The summed E-state index contributed by atoms with van der Waals surface area (Å²) < 4.78 is 30.8. The number of nitrogens with one attached hydrogen (secondary N) is 1. The molecule has 1 N–H and O–H groups in total. The van der Waals surface area contributed by atoms with Crippen molar-refractivity contribution in [1.29, 1.82) is 0 Å². The summed E-state index contributed by atoms with van der Waals surface area (Å²) in [5.74, 6) is 0.191. The van der Waals surface area contributed by atoms with E-state index in [0.717, 1.165) is 11.1 Å². The van der Waals surface area contributed by atoms with Crippen LogP contribution in [0.25, 0.3) is 0 Å². The highest BCUT2D eigenvalue weighted by Crippen LogP contribution is 2.27. The second-order valence-electron chi connectivity index (χ2n) is 7.03. The Hall–Kier alpha value is -2.42. The van der Waals surface area contributed by atoms with Gasteiger partial charge in [-0.2, -0.15) is 0 Å². The molecular formula is C21H19ClN2O4S2. The minimum Gasteiger partial charge on any atom is -0.484 e. The first-order chi connectivity index (χ1) is 14.4. The van der Waals surface area contributed by atoms with Gasteiger partial charge in [0, 0.05) is 22.6 Å². The number of thiazole rings is 1. The number of aromatic nitrogens is 1. The second-order valence-corrected chi connectivity index (χ2v) is 10.4.